The van der Waals surface area contributed by atoms with Gasteiger partial charge in [0.25, 0.3) is 15.9 Å². The summed E-state index contributed by atoms with van der Waals surface area (Å²) >= 11 is 0. The maximum atomic E-state index is 12.9. The van der Waals surface area contributed by atoms with Crippen molar-refractivity contribution in [1.29, 1.82) is 0 Å². The number of hydrogen-bond donors (Lipinski definition) is 1. The second kappa shape index (κ2) is 7.58. The van der Waals surface area contributed by atoms with Gasteiger partial charge in [0.15, 0.2) is 0 Å². The van der Waals surface area contributed by atoms with E-state index in [0.29, 0.717) is 11.6 Å². The van der Waals surface area contributed by atoms with Crippen molar-refractivity contribution in [2.45, 2.75) is 18.7 Å². The average Bonchev–Trinajstić information content (AvgIpc) is 3.08. The quantitative estimate of drug-likeness (QED) is 0.698. The van der Waals surface area contributed by atoms with Crippen molar-refractivity contribution in [3.8, 4) is 0 Å². The molecule has 1 heterocycles. The molecular weight excluding hydrogens is 368 g/mol. The highest BCUT2D eigenvalue weighted by atomic mass is 32.2. The Morgan fingerprint density at radius 3 is 2.30 bits per heavy atom. The molecule has 27 heavy (non-hydrogen) atoms. The number of amides is 1. The third kappa shape index (κ3) is 3.98. The van der Waals surface area contributed by atoms with Crippen LogP contribution in [0.3, 0.4) is 0 Å². The average molecular weight is 386 g/mol. The summed E-state index contributed by atoms with van der Waals surface area (Å²) in [6.07, 6.45) is 0. The maximum absolute atomic E-state index is 12.9. The van der Waals surface area contributed by atoms with E-state index < -0.39 is 15.9 Å². The Kier molecular flexibility index (Phi) is 5.22. The number of nitrogens with zero attached hydrogens (tertiary/aromatic N) is 3. The van der Waals surface area contributed by atoms with Gasteiger partial charge in [-0.3, -0.25) is 14.4 Å². The SMILES string of the molecule is CCN(c1ccccc1)S(=O)(=O)c1ccc(C(=O)Nc2nnc(C)o2)cc1. The number of nitrogens with one attached hydrogen (secondary N) is 1. The van der Waals surface area contributed by atoms with E-state index in [1.807, 2.05) is 6.07 Å². The van der Waals surface area contributed by atoms with Gasteiger partial charge in [-0.05, 0) is 43.3 Å². The molecule has 0 saturated heterocycles. The fourth-order valence-corrected chi connectivity index (χ4v) is 3.98. The number of para-hydroxylation sites is 1. The molecule has 140 valence electrons. The van der Waals surface area contributed by atoms with E-state index in [1.54, 1.807) is 38.1 Å². The van der Waals surface area contributed by atoms with Crippen LogP contribution in [0.4, 0.5) is 11.7 Å². The minimum absolute atomic E-state index is 0.0181. The van der Waals surface area contributed by atoms with E-state index in [-0.39, 0.29) is 23.0 Å². The molecule has 0 aliphatic rings. The van der Waals surface area contributed by atoms with E-state index in [0.717, 1.165) is 0 Å². The number of carbonyl (C=O) groups is 1. The lowest BCUT2D eigenvalue weighted by atomic mass is 10.2. The third-order valence-electron chi connectivity index (χ3n) is 3.78. The van der Waals surface area contributed by atoms with Crippen molar-refractivity contribution in [3.05, 3.63) is 66.1 Å². The second-order valence-electron chi connectivity index (χ2n) is 5.61. The summed E-state index contributed by atoms with van der Waals surface area (Å²) in [6.45, 7) is 3.65. The number of hydrogen-bond acceptors (Lipinski definition) is 6. The molecule has 0 radical (unpaired) electrons. The van der Waals surface area contributed by atoms with Crippen LogP contribution < -0.4 is 9.62 Å². The van der Waals surface area contributed by atoms with Crippen LogP contribution in [0, 0.1) is 6.92 Å². The fourth-order valence-electron chi connectivity index (χ4n) is 2.51. The Balaban J connectivity index is 1.82. The highest BCUT2D eigenvalue weighted by molar-refractivity contribution is 7.92. The van der Waals surface area contributed by atoms with Crippen molar-refractivity contribution < 1.29 is 17.6 Å². The van der Waals surface area contributed by atoms with Crippen molar-refractivity contribution in [1.82, 2.24) is 10.2 Å². The highest BCUT2D eigenvalue weighted by Gasteiger charge is 2.23. The predicted molar refractivity (Wildman–Crippen MR) is 100 cm³/mol. The number of anilines is 2. The first kappa shape index (κ1) is 18.6. The van der Waals surface area contributed by atoms with Crippen LogP contribution in [0.25, 0.3) is 0 Å². The van der Waals surface area contributed by atoms with Crippen molar-refractivity contribution in [3.63, 3.8) is 0 Å². The summed E-state index contributed by atoms with van der Waals surface area (Å²) < 4.78 is 32.3. The number of aryl methyl sites for hydroxylation is 1. The first-order valence-corrected chi connectivity index (χ1v) is 9.65. The number of aromatic nitrogens is 2. The normalized spacial score (nSPS) is 11.2. The third-order valence-corrected chi connectivity index (χ3v) is 5.70. The molecule has 1 N–H and O–H groups in total. The molecule has 1 amide bonds. The lowest BCUT2D eigenvalue weighted by Gasteiger charge is -2.22. The molecule has 0 atom stereocenters. The molecule has 3 rings (SSSR count). The molecule has 0 bridgehead atoms. The lowest BCUT2D eigenvalue weighted by Crippen LogP contribution is -2.30. The van der Waals surface area contributed by atoms with Crippen LogP contribution in [0.1, 0.15) is 23.2 Å². The lowest BCUT2D eigenvalue weighted by molar-refractivity contribution is 0.102. The smallest absolute Gasteiger partial charge is 0.322 e. The summed E-state index contributed by atoms with van der Waals surface area (Å²) in [5.41, 5.74) is 0.848. The second-order valence-corrected chi connectivity index (χ2v) is 7.47. The van der Waals surface area contributed by atoms with Crippen molar-refractivity contribution >= 4 is 27.6 Å². The van der Waals surface area contributed by atoms with Gasteiger partial charge in [0, 0.05) is 19.0 Å². The summed E-state index contributed by atoms with van der Waals surface area (Å²) in [7, 11) is -3.74. The van der Waals surface area contributed by atoms with E-state index in [9.17, 15) is 13.2 Å². The number of carbonyl (C=O) groups excluding carboxylic acids is 1. The molecule has 0 fully saturated rings. The molecule has 3 aromatic rings. The Morgan fingerprint density at radius 2 is 1.74 bits per heavy atom. The minimum atomic E-state index is -3.74. The molecule has 2 aromatic carbocycles. The topological polar surface area (TPSA) is 105 Å². The molecule has 1 aromatic heterocycles. The Bertz CT molecular complexity index is 1030. The zero-order valence-corrected chi connectivity index (χ0v) is 15.6. The van der Waals surface area contributed by atoms with Crippen LogP contribution in [0.2, 0.25) is 0 Å². The molecule has 9 heteroatoms. The largest absolute Gasteiger partial charge is 0.408 e. The first-order chi connectivity index (χ1) is 12.9. The Hall–Kier alpha value is -3.20. The van der Waals surface area contributed by atoms with E-state index in [1.165, 1.54) is 28.6 Å². The van der Waals surface area contributed by atoms with Gasteiger partial charge in [0.1, 0.15) is 0 Å². The molecule has 0 aliphatic carbocycles. The zero-order chi connectivity index (χ0) is 19.4. The minimum Gasteiger partial charge on any atom is -0.408 e. The maximum Gasteiger partial charge on any atom is 0.322 e. The molecule has 0 unspecified atom stereocenters. The fraction of sp³-hybridized carbons (Fsp3) is 0.167. The zero-order valence-electron chi connectivity index (χ0n) is 14.8. The van der Waals surface area contributed by atoms with Gasteiger partial charge in [0.05, 0.1) is 10.6 Å². The molecular formula is C18H18N4O4S. The summed E-state index contributed by atoms with van der Waals surface area (Å²) in [4.78, 5) is 12.3. The number of rotatable bonds is 6. The van der Waals surface area contributed by atoms with Crippen LogP contribution in [0.5, 0.6) is 0 Å². The van der Waals surface area contributed by atoms with Gasteiger partial charge in [-0.2, -0.15) is 0 Å². The predicted octanol–water partition coefficient (Wildman–Crippen LogP) is 2.85. The van der Waals surface area contributed by atoms with Gasteiger partial charge in [0.2, 0.25) is 5.89 Å². The van der Waals surface area contributed by atoms with Crippen molar-refractivity contribution in [2.75, 3.05) is 16.2 Å². The number of benzene rings is 2. The van der Waals surface area contributed by atoms with E-state index in [4.69, 9.17) is 4.42 Å². The Morgan fingerprint density at radius 1 is 1.07 bits per heavy atom. The van der Waals surface area contributed by atoms with Crippen LogP contribution in [-0.4, -0.2) is 31.1 Å². The van der Waals surface area contributed by atoms with Gasteiger partial charge >= 0.3 is 6.01 Å². The summed E-state index contributed by atoms with van der Waals surface area (Å²) in [6, 6.07) is 14.5. The van der Waals surface area contributed by atoms with E-state index >= 15 is 0 Å². The summed E-state index contributed by atoms with van der Waals surface area (Å²) in [5, 5.41) is 9.76. The van der Waals surface area contributed by atoms with Gasteiger partial charge < -0.3 is 4.42 Å². The summed E-state index contributed by atoms with van der Waals surface area (Å²) in [5.74, 6) is -0.148. The first-order valence-electron chi connectivity index (χ1n) is 8.21. The van der Waals surface area contributed by atoms with Gasteiger partial charge in [-0.25, -0.2) is 8.42 Å². The standard InChI is InChI=1S/C18H18N4O4S/c1-3-22(15-7-5-4-6-8-15)27(24,25)16-11-9-14(10-12-16)17(23)19-18-21-20-13(2)26-18/h4-12H,3H2,1-2H3,(H,19,21,23). The van der Waals surface area contributed by atoms with Crippen molar-refractivity contribution in [2.24, 2.45) is 0 Å². The molecule has 8 nitrogen and oxygen atoms in total. The van der Waals surface area contributed by atoms with Gasteiger partial charge in [-0.15, -0.1) is 5.10 Å². The molecule has 0 spiro atoms. The van der Waals surface area contributed by atoms with Crippen LogP contribution in [-0.2, 0) is 10.0 Å². The van der Waals surface area contributed by atoms with Gasteiger partial charge in [-0.1, -0.05) is 23.3 Å². The Labute approximate surface area is 156 Å². The van der Waals surface area contributed by atoms with Crippen LogP contribution >= 0.6 is 0 Å². The highest BCUT2D eigenvalue weighted by Crippen LogP contribution is 2.23. The monoisotopic (exact) mass is 386 g/mol. The molecule has 0 saturated carbocycles. The van der Waals surface area contributed by atoms with E-state index in [2.05, 4.69) is 15.5 Å². The van der Waals surface area contributed by atoms with Crippen LogP contribution in [0.15, 0.2) is 63.9 Å². The molecule has 0 aliphatic heterocycles. The number of sulfonamides is 1.